The number of thioether (sulfide) groups is 1. The molecule has 82 valence electrons. The molecule has 0 aromatic carbocycles. The van der Waals surface area contributed by atoms with E-state index in [1.165, 1.54) is 44.0 Å². The van der Waals surface area contributed by atoms with Crippen molar-refractivity contribution < 1.29 is 0 Å². The fourth-order valence-corrected chi connectivity index (χ4v) is 3.73. The van der Waals surface area contributed by atoms with Gasteiger partial charge < -0.3 is 5.32 Å². The molecule has 2 saturated heterocycles. The highest BCUT2D eigenvalue weighted by Crippen LogP contribution is 2.24. The molecule has 14 heavy (non-hydrogen) atoms. The molecule has 0 aliphatic carbocycles. The van der Waals surface area contributed by atoms with Crippen LogP contribution in [0.1, 0.15) is 26.7 Å². The van der Waals surface area contributed by atoms with Gasteiger partial charge in [0.05, 0.1) is 0 Å². The van der Waals surface area contributed by atoms with E-state index in [1.54, 1.807) is 0 Å². The molecule has 0 spiro atoms. The maximum Gasteiger partial charge on any atom is 0.0252 e. The molecule has 2 aliphatic heterocycles. The molecular weight excluding hydrogens is 192 g/mol. The highest BCUT2D eigenvalue weighted by atomic mass is 32.2. The Balaban J connectivity index is 1.95. The Kier molecular flexibility index (Phi) is 3.40. The van der Waals surface area contributed by atoms with Gasteiger partial charge in [-0.15, -0.1) is 0 Å². The van der Waals surface area contributed by atoms with Crippen molar-refractivity contribution in [3.63, 3.8) is 0 Å². The van der Waals surface area contributed by atoms with Crippen LogP contribution < -0.4 is 5.32 Å². The van der Waals surface area contributed by atoms with Crippen molar-refractivity contribution in [1.29, 1.82) is 0 Å². The monoisotopic (exact) mass is 214 g/mol. The summed E-state index contributed by atoms with van der Waals surface area (Å²) in [5.74, 6) is 2.73. The molecule has 0 saturated carbocycles. The zero-order chi connectivity index (χ0) is 10.0. The lowest BCUT2D eigenvalue weighted by Gasteiger charge is -2.33. The van der Waals surface area contributed by atoms with E-state index in [9.17, 15) is 0 Å². The molecule has 2 rings (SSSR count). The van der Waals surface area contributed by atoms with Crippen molar-refractivity contribution in [2.45, 2.75) is 38.3 Å². The minimum Gasteiger partial charge on any atom is -0.310 e. The first kappa shape index (κ1) is 10.8. The lowest BCUT2D eigenvalue weighted by Crippen LogP contribution is -2.49. The second-order valence-electron chi connectivity index (χ2n) is 5.15. The van der Waals surface area contributed by atoms with Crippen LogP contribution in [0, 0.1) is 0 Å². The van der Waals surface area contributed by atoms with Crippen LogP contribution in [0.15, 0.2) is 0 Å². The standard InChI is InChI=1S/C11H22N2S/c1-11(2)9-13(6-3-5-12-11)10-4-7-14-8-10/h10,12H,3-9H2,1-2H3. The summed E-state index contributed by atoms with van der Waals surface area (Å²) in [4.78, 5) is 2.71. The first-order valence-electron chi connectivity index (χ1n) is 5.74. The van der Waals surface area contributed by atoms with Gasteiger partial charge in [-0.2, -0.15) is 11.8 Å². The Bertz CT molecular complexity index is 188. The van der Waals surface area contributed by atoms with E-state index >= 15 is 0 Å². The summed E-state index contributed by atoms with van der Waals surface area (Å²) in [7, 11) is 0. The van der Waals surface area contributed by atoms with Crippen LogP contribution in [0.4, 0.5) is 0 Å². The third kappa shape index (κ3) is 2.65. The van der Waals surface area contributed by atoms with Crippen molar-refractivity contribution in [3.05, 3.63) is 0 Å². The average molecular weight is 214 g/mol. The summed E-state index contributed by atoms with van der Waals surface area (Å²) in [5.41, 5.74) is 0.309. The summed E-state index contributed by atoms with van der Waals surface area (Å²) in [5, 5.41) is 3.63. The number of rotatable bonds is 1. The second kappa shape index (κ2) is 4.42. The van der Waals surface area contributed by atoms with E-state index < -0.39 is 0 Å². The molecule has 0 bridgehead atoms. The third-order valence-electron chi connectivity index (χ3n) is 3.25. The summed E-state index contributed by atoms with van der Waals surface area (Å²) < 4.78 is 0. The molecule has 2 heterocycles. The molecule has 1 unspecified atom stereocenters. The number of nitrogens with one attached hydrogen (secondary N) is 1. The van der Waals surface area contributed by atoms with Gasteiger partial charge in [-0.3, -0.25) is 4.90 Å². The zero-order valence-electron chi connectivity index (χ0n) is 9.38. The number of nitrogens with zero attached hydrogens (tertiary/aromatic N) is 1. The summed E-state index contributed by atoms with van der Waals surface area (Å²) in [6.07, 6.45) is 2.71. The smallest absolute Gasteiger partial charge is 0.0252 e. The number of hydrogen-bond donors (Lipinski definition) is 1. The van der Waals surface area contributed by atoms with Crippen LogP contribution in [-0.4, -0.2) is 47.6 Å². The lowest BCUT2D eigenvalue weighted by atomic mass is 10.0. The van der Waals surface area contributed by atoms with E-state index in [1.807, 2.05) is 0 Å². The Morgan fingerprint density at radius 2 is 2.29 bits per heavy atom. The quantitative estimate of drug-likeness (QED) is 0.713. The van der Waals surface area contributed by atoms with Crippen LogP contribution in [0.5, 0.6) is 0 Å². The molecule has 1 N–H and O–H groups in total. The van der Waals surface area contributed by atoms with E-state index in [4.69, 9.17) is 0 Å². The van der Waals surface area contributed by atoms with Crippen LogP contribution >= 0.6 is 11.8 Å². The molecule has 0 radical (unpaired) electrons. The molecule has 2 fully saturated rings. The Labute approximate surface area is 91.8 Å². The predicted molar refractivity (Wildman–Crippen MR) is 64.0 cm³/mol. The highest BCUT2D eigenvalue weighted by Gasteiger charge is 2.29. The van der Waals surface area contributed by atoms with Gasteiger partial charge in [0.15, 0.2) is 0 Å². The Morgan fingerprint density at radius 3 is 3.00 bits per heavy atom. The lowest BCUT2D eigenvalue weighted by molar-refractivity contribution is 0.183. The molecule has 0 aromatic heterocycles. The maximum atomic E-state index is 3.63. The fourth-order valence-electron chi connectivity index (χ4n) is 2.47. The van der Waals surface area contributed by atoms with E-state index in [0.717, 1.165) is 6.04 Å². The second-order valence-corrected chi connectivity index (χ2v) is 6.30. The molecule has 1 atom stereocenters. The van der Waals surface area contributed by atoms with Gasteiger partial charge >= 0.3 is 0 Å². The summed E-state index contributed by atoms with van der Waals surface area (Å²) in [6.45, 7) is 8.35. The average Bonchev–Trinajstić information content (AvgIpc) is 2.57. The molecular formula is C11H22N2S. The minimum absolute atomic E-state index is 0.309. The van der Waals surface area contributed by atoms with Crippen LogP contribution in [0.2, 0.25) is 0 Å². The third-order valence-corrected chi connectivity index (χ3v) is 4.39. The summed E-state index contributed by atoms with van der Waals surface area (Å²) >= 11 is 2.12. The fraction of sp³-hybridized carbons (Fsp3) is 1.00. The van der Waals surface area contributed by atoms with Crippen molar-refractivity contribution in [3.8, 4) is 0 Å². The van der Waals surface area contributed by atoms with Gasteiger partial charge in [0, 0.05) is 23.9 Å². The van der Waals surface area contributed by atoms with Crippen LogP contribution in [0.3, 0.4) is 0 Å². The first-order chi connectivity index (χ1) is 6.67. The highest BCUT2D eigenvalue weighted by molar-refractivity contribution is 7.99. The molecule has 2 aliphatic rings. The summed E-state index contributed by atoms with van der Waals surface area (Å²) in [6, 6.07) is 0.860. The van der Waals surface area contributed by atoms with Gasteiger partial charge in [-0.25, -0.2) is 0 Å². The topological polar surface area (TPSA) is 15.3 Å². The van der Waals surface area contributed by atoms with E-state index in [2.05, 4.69) is 35.8 Å². The SMILES string of the molecule is CC1(C)CN(C2CCSC2)CCCN1. The van der Waals surface area contributed by atoms with Gasteiger partial charge in [-0.05, 0) is 45.5 Å². The predicted octanol–water partition coefficient (Wildman–Crippen LogP) is 1.57. The van der Waals surface area contributed by atoms with Gasteiger partial charge in [0.2, 0.25) is 0 Å². The van der Waals surface area contributed by atoms with Crippen molar-refractivity contribution in [1.82, 2.24) is 10.2 Å². The van der Waals surface area contributed by atoms with Crippen molar-refractivity contribution >= 4 is 11.8 Å². The van der Waals surface area contributed by atoms with E-state index in [0.29, 0.717) is 5.54 Å². The zero-order valence-corrected chi connectivity index (χ0v) is 10.2. The van der Waals surface area contributed by atoms with Gasteiger partial charge in [0.1, 0.15) is 0 Å². The Morgan fingerprint density at radius 1 is 1.43 bits per heavy atom. The van der Waals surface area contributed by atoms with E-state index in [-0.39, 0.29) is 0 Å². The maximum absolute atomic E-state index is 3.63. The van der Waals surface area contributed by atoms with Gasteiger partial charge in [0.25, 0.3) is 0 Å². The molecule has 2 nitrogen and oxygen atoms in total. The minimum atomic E-state index is 0.309. The van der Waals surface area contributed by atoms with Crippen LogP contribution in [0.25, 0.3) is 0 Å². The Hall–Kier alpha value is 0.270. The normalized spacial score (nSPS) is 34.3. The molecule has 0 aromatic rings. The largest absolute Gasteiger partial charge is 0.310 e. The van der Waals surface area contributed by atoms with Gasteiger partial charge in [-0.1, -0.05) is 0 Å². The first-order valence-corrected chi connectivity index (χ1v) is 6.90. The number of hydrogen-bond acceptors (Lipinski definition) is 3. The molecule has 3 heteroatoms. The van der Waals surface area contributed by atoms with Crippen molar-refractivity contribution in [2.24, 2.45) is 0 Å². The molecule has 0 amide bonds. The van der Waals surface area contributed by atoms with Crippen LogP contribution in [-0.2, 0) is 0 Å². The van der Waals surface area contributed by atoms with Crippen molar-refractivity contribution in [2.75, 3.05) is 31.1 Å².